The van der Waals surface area contributed by atoms with Gasteiger partial charge >= 0.3 is 6.03 Å². The summed E-state index contributed by atoms with van der Waals surface area (Å²) in [5, 5.41) is 12.6. The summed E-state index contributed by atoms with van der Waals surface area (Å²) in [7, 11) is 0. The van der Waals surface area contributed by atoms with Crippen LogP contribution in [-0.4, -0.2) is 41.3 Å². The van der Waals surface area contributed by atoms with Crippen molar-refractivity contribution in [1.29, 1.82) is 5.41 Å². The largest absolute Gasteiger partial charge is 0.370 e. The van der Waals surface area contributed by atoms with Gasteiger partial charge in [-0.25, -0.2) is 4.79 Å². The standard InChI is InChI=1S/C29H35N7O3/c30-26(37)24(12-7-17-34-28(31)32)36(19-21-15-13-20(14-16-21)18-35-29(33)39)27(38)25(22-8-3-1-4-9-22)23-10-5-2-6-11-23/h1-6,8-11,13-16,24-25H,7,12,17-19H2,(H2,30,37)(H4,31,32,34)(H3,33,35,39)/t24-/m1/s1. The first-order valence-electron chi connectivity index (χ1n) is 12.6. The number of nitrogens with one attached hydrogen (secondary N) is 3. The van der Waals surface area contributed by atoms with Gasteiger partial charge in [0.15, 0.2) is 5.96 Å². The third-order valence-electron chi connectivity index (χ3n) is 6.31. The van der Waals surface area contributed by atoms with Crippen molar-refractivity contribution in [3.8, 4) is 0 Å². The number of rotatable bonds is 13. The molecular formula is C29H35N7O3. The molecule has 0 bridgehead atoms. The van der Waals surface area contributed by atoms with Gasteiger partial charge in [-0.05, 0) is 35.1 Å². The molecule has 0 aliphatic rings. The van der Waals surface area contributed by atoms with Crippen LogP contribution in [0.25, 0.3) is 0 Å². The number of benzene rings is 3. The van der Waals surface area contributed by atoms with Gasteiger partial charge in [-0.2, -0.15) is 0 Å². The molecule has 0 fully saturated rings. The topological polar surface area (TPSA) is 180 Å². The second kappa shape index (κ2) is 14.2. The van der Waals surface area contributed by atoms with E-state index in [1.807, 2.05) is 84.9 Å². The molecule has 39 heavy (non-hydrogen) atoms. The molecule has 3 aromatic rings. The van der Waals surface area contributed by atoms with Gasteiger partial charge < -0.3 is 32.7 Å². The SMILES string of the molecule is N=C(N)NCCC[C@H](C(N)=O)N(Cc1ccc(CNC(N)=O)cc1)C(=O)C(c1ccccc1)c1ccccc1. The Kier molecular flexibility index (Phi) is 10.4. The van der Waals surface area contributed by atoms with Crippen LogP contribution in [0.1, 0.15) is 41.0 Å². The highest BCUT2D eigenvalue weighted by Crippen LogP contribution is 2.29. The minimum Gasteiger partial charge on any atom is -0.370 e. The lowest BCUT2D eigenvalue weighted by Crippen LogP contribution is -2.49. The molecule has 0 saturated carbocycles. The van der Waals surface area contributed by atoms with Crippen molar-refractivity contribution in [2.24, 2.45) is 17.2 Å². The zero-order chi connectivity index (χ0) is 28.2. The van der Waals surface area contributed by atoms with Crippen molar-refractivity contribution in [3.05, 3.63) is 107 Å². The molecule has 0 aliphatic heterocycles. The Labute approximate surface area is 228 Å². The fourth-order valence-corrected chi connectivity index (χ4v) is 4.39. The molecule has 3 rings (SSSR count). The van der Waals surface area contributed by atoms with E-state index in [1.165, 1.54) is 4.90 Å². The minimum atomic E-state index is -0.891. The van der Waals surface area contributed by atoms with Gasteiger partial charge in [0.05, 0.1) is 5.92 Å². The van der Waals surface area contributed by atoms with Crippen LogP contribution in [0.2, 0.25) is 0 Å². The maximum Gasteiger partial charge on any atom is 0.312 e. The van der Waals surface area contributed by atoms with Gasteiger partial charge in [-0.15, -0.1) is 0 Å². The number of urea groups is 1. The molecule has 0 spiro atoms. The Morgan fingerprint density at radius 2 is 1.31 bits per heavy atom. The summed E-state index contributed by atoms with van der Waals surface area (Å²) in [4.78, 5) is 39.7. The molecule has 0 aliphatic carbocycles. The van der Waals surface area contributed by atoms with Crippen LogP contribution >= 0.6 is 0 Å². The second-order valence-corrected chi connectivity index (χ2v) is 9.16. The third-order valence-corrected chi connectivity index (χ3v) is 6.31. The Morgan fingerprint density at radius 3 is 1.79 bits per heavy atom. The first kappa shape index (κ1) is 28.7. The fraction of sp³-hybridized carbons (Fsp3) is 0.241. The smallest absolute Gasteiger partial charge is 0.312 e. The maximum absolute atomic E-state index is 14.4. The zero-order valence-corrected chi connectivity index (χ0v) is 21.7. The van der Waals surface area contributed by atoms with Gasteiger partial charge in [-0.1, -0.05) is 84.9 Å². The quantitative estimate of drug-likeness (QED) is 0.112. The molecule has 0 aromatic heterocycles. The van der Waals surface area contributed by atoms with Crippen LogP contribution < -0.4 is 27.8 Å². The van der Waals surface area contributed by atoms with Gasteiger partial charge in [0, 0.05) is 19.6 Å². The number of nitrogens with two attached hydrogens (primary N) is 3. The molecule has 4 amide bonds. The van der Waals surface area contributed by atoms with Gasteiger partial charge in [-0.3, -0.25) is 15.0 Å². The van der Waals surface area contributed by atoms with E-state index in [-0.39, 0.29) is 31.4 Å². The predicted octanol–water partition coefficient (Wildman–Crippen LogP) is 2.13. The first-order chi connectivity index (χ1) is 18.8. The van der Waals surface area contributed by atoms with Gasteiger partial charge in [0.25, 0.3) is 0 Å². The van der Waals surface area contributed by atoms with Crippen LogP contribution in [0.15, 0.2) is 84.9 Å². The highest BCUT2D eigenvalue weighted by atomic mass is 16.2. The van der Waals surface area contributed by atoms with E-state index in [4.69, 9.17) is 22.6 Å². The number of guanidine groups is 1. The van der Waals surface area contributed by atoms with E-state index in [0.29, 0.717) is 13.0 Å². The summed E-state index contributed by atoms with van der Waals surface area (Å²) in [6.07, 6.45) is 0.758. The molecule has 204 valence electrons. The van der Waals surface area contributed by atoms with Gasteiger partial charge in [0.2, 0.25) is 11.8 Å². The Morgan fingerprint density at radius 1 is 0.769 bits per heavy atom. The Hall–Kier alpha value is -4.86. The Balaban J connectivity index is 1.97. The molecule has 0 unspecified atom stereocenters. The number of hydrogen-bond acceptors (Lipinski definition) is 4. The normalized spacial score (nSPS) is 11.4. The van der Waals surface area contributed by atoms with Crippen molar-refractivity contribution in [3.63, 3.8) is 0 Å². The molecule has 9 N–H and O–H groups in total. The second-order valence-electron chi connectivity index (χ2n) is 9.16. The molecule has 0 heterocycles. The maximum atomic E-state index is 14.4. The number of amides is 4. The van der Waals surface area contributed by atoms with Crippen molar-refractivity contribution >= 4 is 23.8 Å². The van der Waals surface area contributed by atoms with E-state index in [0.717, 1.165) is 22.3 Å². The van der Waals surface area contributed by atoms with Crippen molar-refractivity contribution in [1.82, 2.24) is 15.5 Å². The summed E-state index contributed by atoms with van der Waals surface area (Å²) in [5.74, 6) is -1.69. The molecule has 1 atom stereocenters. The van der Waals surface area contributed by atoms with E-state index in [1.54, 1.807) is 0 Å². The molecule has 10 heteroatoms. The fourth-order valence-electron chi connectivity index (χ4n) is 4.39. The van der Waals surface area contributed by atoms with Crippen molar-refractivity contribution in [2.75, 3.05) is 6.54 Å². The molecule has 10 nitrogen and oxygen atoms in total. The summed E-state index contributed by atoms with van der Waals surface area (Å²) >= 11 is 0. The summed E-state index contributed by atoms with van der Waals surface area (Å²) in [6, 6.07) is 24.7. The lowest BCUT2D eigenvalue weighted by Gasteiger charge is -2.33. The van der Waals surface area contributed by atoms with E-state index < -0.39 is 23.9 Å². The highest BCUT2D eigenvalue weighted by molar-refractivity contribution is 5.92. The predicted molar refractivity (Wildman–Crippen MR) is 150 cm³/mol. The number of nitrogens with zero attached hydrogens (tertiary/aromatic N) is 1. The molecule has 0 saturated heterocycles. The average Bonchev–Trinajstić information content (AvgIpc) is 2.92. The Bertz CT molecular complexity index is 1210. The first-order valence-corrected chi connectivity index (χ1v) is 12.6. The lowest BCUT2D eigenvalue weighted by atomic mass is 9.89. The number of hydrogen-bond donors (Lipinski definition) is 6. The van der Waals surface area contributed by atoms with Crippen LogP contribution in [0, 0.1) is 5.41 Å². The summed E-state index contributed by atoms with van der Waals surface area (Å²) in [5.41, 5.74) is 19.6. The van der Waals surface area contributed by atoms with Crippen LogP contribution in [0.4, 0.5) is 4.79 Å². The lowest BCUT2D eigenvalue weighted by molar-refractivity contribution is -0.141. The molecule has 0 radical (unpaired) electrons. The van der Waals surface area contributed by atoms with Crippen molar-refractivity contribution in [2.45, 2.75) is 37.9 Å². The van der Waals surface area contributed by atoms with Crippen LogP contribution in [-0.2, 0) is 22.7 Å². The van der Waals surface area contributed by atoms with E-state index >= 15 is 0 Å². The number of carbonyl (C=O) groups excluding carboxylic acids is 3. The van der Waals surface area contributed by atoms with Crippen molar-refractivity contribution < 1.29 is 14.4 Å². The van der Waals surface area contributed by atoms with Gasteiger partial charge in [0.1, 0.15) is 6.04 Å². The van der Waals surface area contributed by atoms with Crippen LogP contribution in [0.5, 0.6) is 0 Å². The van der Waals surface area contributed by atoms with Crippen LogP contribution in [0.3, 0.4) is 0 Å². The monoisotopic (exact) mass is 529 g/mol. The van der Waals surface area contributed by atoms with E-state index in [2.05, 4.69) is 10.6 Å². The summed E-state index contributed by atoms with van der Waals surface area (Å²) < 4.78 is 0. The third kappa shape index (κ3) is 8.60. The highest BCUT2D eigenvalue weighted by Gasteiger charge is 2.34. The minimum absolute atomic E-state index is 0.145. The molecule has 3 aromatic carbocycles. The molecular weight excluding hydrogens is 494 g/mol. The number of primary amides is 2. The summed E-state index contributed by atoms with van der Waals surface area (Å²) in [6.45, 7) is 0.783. The average molecular weight is 530 g/mol. The number of carbonyl (C=O) groups is 3. The zero-order valence-electron chi connectivity index (χ0n) is 21.7. The van der Waals surface area contributed by atoms with E-state index in [9.17, 15) is 14.4 Å².